The van der Waals surface area contributed by atoms with E-state index < -0.39 is 11.6 Å². The third kappa shape index (κ3) is 3.88. The molecule has 4 nitrogen and oxygen atoms in total. The Balaban J connectivity index is 2.05. The van der Waals surface area contributed by atoms with Crippen molar-refractivity contribution >= 4 is 12.0 Å². The van der Waals surface area contributed by atoms with E-state index in [0.29, 0.717) is 30.6 Å². The van der Waals surface area contributed by atoms with E-state index in [9.17, 15) is 14.3 Å². The van der Waals surface area contributed by atoms with Crippen molar-refractivity contribution < 1.29 is 19.4 Å². The van der Waals surface area contributed by atoms with Crippen LogP contribution >= 0.6 is 0 Å². The Labute approximate surface area is 117 Å². The first-order chi connectivity index (χ1) is 9.35. The van der Waals surface area contributed by atoms with Crippen LogP contribution in [0.1, 0.15) is 24.5 Å². The van der Waals surface area contributed by atoms with Crippen molar-refractivity contribution in [1.29, 1.82) is 0 Å². The Bertz CT molecular complexity index is 540. The van der Waals surface area contributed by atoms with Gasteiger partial charge < -0.3 is 10.2 Å². The minimum Gasteiger partial charge on any atom is -0.478 e. The van der Waals surface area contributed by atoms with Gasteiger partial charge in [0.15, 0.2) is 0 Å². The van der Waals surface area contributed by atoms with Gasteiger partial charge in [0.25, 0.3) is 0 Å². The van der Waals surface area contributed by atoms with Gasteiger partial charge in [0.2, 0.25) is 0 Å². The summed E-state index contributed by atoms with van der Waals surface area (Å²) in [6.07, 6.45) is 3.02. The number of aliphatic hydroxyl groups is 1. The lowest BCUT2D eigenvalue weighted by molar-refractivity contribution is -0.131. The standard InChI is InChI=1S/C15H18FNO3/c1-15(20)6-7-17(10-15)9-12-4-2-11(8-13(12)16)3-5-14(18)19/h2-5,8,20H,6-7,9-10H2,1H3,(H,18,19)/b5-3+. The Morgan fingerprint density at radius 2 is 2.30 bits per heavy atom. The maximum Gasteiger partial charge on any atom is 0.328 e. The van der Waals surface area contributed by atoms with Gasteiger partial charge in [0.1, 0.15) is 5.82 Å². The molecule has 20 heavy (non-hydrogen) atoms. The Hall–Kier alpha value is -1.72. The molecule has 2 rings (SSSR count). The molecule has 0 aromatic heterocycles. The normalized spacial score (nSPS) is 23.6. The highest BCUT2D eigenvalue weighted by molar-refractivity contribution is 5.85. The summed E-state index contributed by atoms with van der Waals surface area (Å²) in [5.41, 5.74) is 0.373. The largest absolute Gasteiger partial charge is 0.478 e. The van der Waals surface area contributed by atoms with Crippen LogP contribution in [0.2, 0.25) is 0 Å². The number of halogens is 1. The molecule has 1 heterocycles. The SMILES string of the molecule is CC1(O)CCN(Cc2ccc(/C=C/C(=O)O)cc2F)C1. The number of likely N-dealkylation sites (tertiary alicyclic amines) is 1. The number of aliphatic carboxylic acids is 1. The number of rotatable bonds is 4. The molecule has 1 aromatic carbocycles. The second-order valence-electron chi connectivity index (χ2n) is 5.48. The molecule has 1 unspecified atom stereocenters. The molecule has 1 atom stereocenters. The molecule has 0 saturated carbocycles. The average Bonchev–Trinajstić information content (AvgIpc) is 2.69. The molecule has 1 aliphatic rings. The third-order valence-electron chi connectivity index (χ3n) is 3.42. The lowest BCUT2D eigenvalue weighted by Crippen LogP contribution is -2.29. The van der Waals surface area contributed by atoms with E-state index >= 15 is 0 Å². The number of hydrogen-bond donors (Lipinski definition) is 2. The molecule has 0 spiro atoms. The quantitative estimate of drug-likeness (QED) is 0.826. The molecule has 0 bridgehead atoms. The van der Waals surface area contributed by atoms with Gasteiger partial charge in [-0.15, -0.1) is 0 Å². The summed E-state index contributed by atoms with van der Waals surface area (Å²) < 4.78 is 14.0. The highest BCUT2D eigenvalue weighted by Gasteiger charge is 2.31. The van der Waals surface area contributed by atoms with Crippen molar-refractivity contribution in [3.8, 4) is 0 Å². The number of carboxylic acids is 1. The first-order valence-corrected chi connectivity index (χ1v) is 6.50. The Morgan fingerprint density at radius 1 is 1.55 bits per heavy atom. The zero-order chi connectivity index (χ0) is 14.8. The van der Waals surface area contributed by atoms with Crippen LogP contribution in [0.15, 0.2) is 24.3 Å². The molecular weight excluding hydrogens is 261 g/mol. The summed E-state index contributed by atoms with van der Waals surface area (Å²) in [7, 11) is 0. The van der Waals surface area contributed by atoms with E-state index in [4.69, 9.17) is 5.11 Å². The molecule has 1 fully saturated rings. The monoisotopic (exact) mass is 279 g/mol. The zero-order valence-electron chi connectivity index (χ0n) is 11.3. The topological polar surface area (TPSA) is 60.8 Å². The lowest BCUT2D eigenvalue weighted by atomic mass is 10.1. The van der Waals surface area contributed by atoms with Crippen LogP contribution in [0.4, 0.5) is 4.39 Å². The summed E-state index contributed by atoms with van der Waals surface area (Å²) >= 11 is 0. The number of carbonyl (C=O) groups is 1. The molecule has 1 aliphatic heterocycles. The fraction of sp³-hybridized carbons (Fsp3) is 0.400. The molecule has 5 heteroatoms. The number of benzene rings is 1. The summed E-state index contributed by atoms with van der Waals surface area (Å²) in [4.78, 5) is 12.4. The molecule has 2 N–H and O–H groups in total. The molecule has 0 radical (unpaired) electrons. The minimum absolute atomic E-state index is 0.357. The van der Waals surface area contributed by atoms with E-state index in [0.717, 1.165) is 12.6 Å². The first-order valence-electron chi connectivity index (χ1n) is 6.50. The fourth-order valence-corrected chi connectivity index (χ4v) is 2.38. The van der Waals surface area contributed by atoms with E-state index in [-0.39, 0.29) is 5.82 Å². The number of nitrogens with zero attached hydrogens (tertiary/aromatic N) is 1. The smallest absolute Gasteiger partial charge is 0.328 e. The number of carboxylic acid groups (broad SMARTS) is 1. The maximum atomic E-state index is 14.0. The predicted molar refractivity (Wildman–Crippen MR) is 73.6 cm³/mol. The molecular formula is C15H18FNO3. The van der Waals surface area contributed by atoms with Crippen LogP contribution in [0.5, 0.6) is 0 Å². The lowest BCUT2D eigenvalue weighted by Gasteiger charge is -2.19. The van der Waals surface area contributed by atoms with Crippen molar-refractivity contribution in [3.05, 3.63) is 41.2 Å². The highest BCUT2D eigenvalue weighted by atomic mass is 19.1. The zero-order valence-corrected chi connectivity index (χ0v) is 11.3. The third-order valence-corrected chi connectivity index (χ3v) is 3.42. The minimum atomic E-state index is -1.06. The van der Waals surface area contributed by atoms with Crippen molar-refractivity contribution in [2.45, 2.75) is 25.5 Å². The molecule has 0 amide bonds. The van der Waals surface area contributed by atoms with Gasteiger partial charge >= 0.3 is 5.97 Å². The first kappa shape index (κ1) is 14.7. The molecule has 1 aromatic rings. The fourth-order valence-electron chi connectivity index (χ4n) is 2.38. The van der Waals surface area contributed by atoms with Crippen molar-refractivity contribution in [1.82, 2.24) is 4.90 Å². The van der Waals surface area contributed by atoms with Crippen molar-refractivity contribution in [2.24, 2.45) is 0 Å². The van der Waals surface area contributed by atoms with E-state index in [1.54, 1.807) is 19.1 Å². The summed E-state index contributed by atoms with van der Waals surface area (Å²) in [5.74, 6) is -1.42. The van der Waals surface area contributed by atoms with Crippen LogP contribution in [-0.2, 0) is 11.3 Å². The van der Waals surface area contributed by atoms with Gasteiger partial charge in [-0.25, -0.2) is 9.18 Å². The highest BCUT2D eigenvalue weighted by Crippen LogP contribution is 2.23. The number of β-amino-alcohol motifs (C(OH)–C–C–N with tert-alkyl or cyclic N) is 1. The summed E-state index contributed by atoms with van der Waals surface area (Å²) in [6.45, 7) is 3.51. The Kier molecular flexibility index (Phi) is 4.20. The maximum absolute atomic E-state index is 14.0. The summed E-state index contributed by atoms with van der Waals surface area (Å²) in [6, 6.07) is 4.67. The molecule has 108 valence electrons. The van der Waals surface area contributed by atoms with Gasteiger partial charge in [-0.3, -0.25) is 4.90 Å². The van der Waals surface area contributed by atoms with E-state index in [1.807, 2.05) is 4.90 Å². The second-order valence-corrected chi connectivity index (χ2v) is 5.48. The van der Waals surface area contributed by atoms with Crippen molar-refractivity contribution in [3.63, 3.8) is 0 Å². The van der Waals surface area contributed by atoms with E-state index in [2.05, 4.69) is 0 Å². The van der Waals surface area contributed by atoms with Crippen molar-refractivity contribution in [2.75, 3.05) is 13.1 Å². The van der Waals surface area contributed by atoms with Gasteiger partial charge in [0.05, 0.1) is 5.60 Å². The van der Waals surface area contributed by atoms with Crippen LogP contribution < -0.4 is 0 Å². The van der Waals surface area contributed by atoms with Gasteiger partial charge in [0, 0.05) is 31.3 Å². The van der Waals surface area contributed by atoms with Gasteiger partial charge in [-0.1, -0.05) is 12.1 Å². The number of hydrogen-bond acceptors (Lipinski definition) is 3. The van der Waals surface area contributed by atoms with Crippen LogP contribution in [-0.4, -0.2) is 39.8 Å². The van der Waals surface area contributed by atoms with Gasteiger partial charge in [-0.2, -0.15) is 0 Å². The van der Waals surface area contributed by atoms with Crippen LogP contribution in [0.3, 0.4) is 0 Å². The summed E-state index contributed by atoms with van der Waals surface area (Å²) in [5, 5.41) is 18.4. The van der Waals surface area contributed by atoms with E-state index in [1.165, 1.54) is 12.1 Å². The predicted octanol–water partition coefficient (Wildman–Crippen LogP) is 1.88. The van der Waals surface area contributed by atoms with Crippen LogP contribution in [0, 0.1) is 5.82 Å². The molecule has 1 saturated heterocycles. The average molecular weight is 279 g/mol. The molecule has 0 aliphatic carbocycles. The van der Waals surface area contributed by atoms with Gasteiger partial charge in [-0.05, 0) is 31.1 Å². The Morgan fingerprint density at radius 3 is 2.85 bits per heavy atom. The second kappa shape index (κ2) is 5.73. The van der Waals surface area contributed by atoms with Crippen LogP contribution in [0.25, 0.3) is 6.08 Å².